The molecule has 2 aromatic carbocycles. The van der Waals surface area contributed by atoms with Crippen molar-refractivity contribution in [3.63, 3.8) is 0 Å². The Morgan fingerprint density at radius 2 is 1.75 bits per heavy atom. The Hall–Kier alpha value is -2.59. The van der Waals surface area contributed by atoms with Gasteiger partial charge >= 0.3 is 12.3 Å². The standard InChI is InChI=1S/C26H31BrF3N3O3/c1-25(2,3)22-16-32(12-13-33(22)24(35)36)15-18-7-10-20(14-21(18)26(28,29)30)31-23(34)11-6-17-4-8-19(27)9-5-17/h4-5,7-10,14,22H,6,11-13,15-16H2,1-3H3,(H,31,34)(H,35,36). The number of carbonyl (C=O) groups is 2. The van der Waals surface area contributed by atoms with E-state index in [9.17, 15) is 27.9 Å². The molecule has 1 atom stereocenters. The predicted molar refractivity (Wildman–Crippen MR) is 136 cm³/mol. The van der Waals surface area contributed by atoms with E-state index in [2.05, 4.69) is 21.2 Å². The molecule has 0 aliphatic carbocycles. The zero-order valence-electron chi connectivity index (χ0n) is 20.5. The average molecular weight is 570 g/mol. The Morgan fingerprint density at radius 3 is 2.33 bits per heavy atom. The van der Waals surface area contributed by atoms with E-state index in [1.54, 1.807) is 0 Å². The van der Waals surface area contributed by atoms with E-state index < -0.39 is 17.8 Å². The predicted octanol–water partition coefficient (Wildman–Crippen LogP) is 6.25. The van der Waals surface area contributed by atoms with Gasteiger partial charge in [-0.3, -0.25) is 9.69 Å². The number of nitrogens with zero attached hydrogens (tertiary/aromatic N) is 2. The minimum absolute atomic E-state index is 0.0344. The second-order valence-corrected chi connectivity index (χ2v) is 11.1. The summed E-state index contributed by atoms with van der Waals surface area (Å²) in [6, 6.07) is 11.0. The van der Waals surface area contributed by atoms with Crippen LogP contribution in [-0.4, -0.2) is 52.6 Å². The van der Waals surface area contributed by atoms with Gasteiger partial charge in [0, 0.05) is 42.8 Å². The van der Waals surface area contributed by atoms with E-state index in [1.165, 1.54) is 17.0 Å². The number of piperazine rings is 1. The number of alkyl halides is 3. The molecule has 2 N–H and O–H groups in total. The van der Waals surface area contributed by atoms with Crippen molar-refractivity contribution in [3.8, 4) is 0 Å². The molecule has 0 bridgehead atoms. The smallest absolute Gasteiger partial charge is 0.416 e. The monoisotopic (exact) mass is 569 g/mol. The molecule has 1 heterocycles. The molecule has 2 aromatic rings. The molecule has 1 unspecified atom stereocenters. The maximum atomic E-state index is 13.9. The quantitative estimate of drug-likeness (QED) is 0.431. The fraction of sp³-hybridized carbons (Fsp3) is 0.462. The third kappa shape index (κ3) is 7.46. The third-order valence-corrected chi connectivity index (χ3v) is 6.89. The molecule has 1 aliphatic rings. The molecule has 0 radical (unpaired) electrons. The molecule has 1 aliphatic heterocycles. The molecule has 0 spiro atoms. The van der Waals surface area contributed by atoms with Gasteiger partial charge in [-0.25, -0.2) is 4.79 Å². The van der Waals surface area contributed by atoms with Crippen molar-refractivity contribution < 1.29 is 27.9 Å². The largest absolute Gasteiger partial charge is 0.465 e. The van der Waals surface area contributed by atoms with Crippen LogP contribution in [0.25, 0.3) is 0 Å². The first-order valence-corrected chi connectivity index (χ1v) is 12.5. The molecular formula is C26H31BrF3N3O3. The van der Waals surface area contributed by atoms with Crippen molar-refractivity contribution in [1.82, 2.24) is 9.80 Å². The summed E-state index contributed by atoms with van der Waals surface area (Å²) in [6.07, 6.45) is -5.00. The van der Waals surface area contributed by atoms with Crippen molar-refractivity contribution in [2.75, 3.05) is 25.0 Å². The fourth-order valence-corrected chi connectivity index (χ4v) is 4.65. The van der Waals surface area contributed by atoms with Crippen LogP contribution in [0.3, 0.4) is 0 Å². The van der Waals surface area contributed by atoms with Crippen LogP contribution in [-0.2, 0) is 23.9 Å². The van der Waals surface area contributed by atoms with Crippen molar-refractivity contribution in [2.45, 2.75) is 52.4 Å². The number of benzene rings is 2. The summed E-state index contributed by atoms with van der Waals surface area (Å²) >= 11 is 3.35. The maximum absolute atomic E-state index is 13.9. The highest BCUT2D eigenvalue weighted by molar-refractivity contribution is 9.10. The van der Waals surface area contributed by atoms with Gasteiger partial charge in [-0.2, -0.15) is 13.2 Å². The second kappa shape index (κ2) is 11.2. The van der Waals surface area contributed by atoms with Gasteiger partial charge in [-0.15, -0.1) is 0 Å². The molecule has 36 heavy (non-hydrogen) atoms. The zero-order valence-corrected chi connectivity index (χ0v) is 22.1. The normalized spacial score (nSPS) is 17.2. The maximum Gasteiger partial charge on any atom is 0.416 e. The van der Waals surface area contributed by atoms with Gasteiger partial charge in [-0.05, 0) is 47.2 Å². The van der Waals surface area contributed by atoms with Crippen LogP contribution < -0.4 is 5.32 Å². The summed E-state index contributed by atoms with van der Waals surface area (Å²) in [6.45, 7) is 6.70. The zero-order chi connectivity index (χ0) is 26.7. The van der Waals surface area contributed by atoms with Crippen LogP contribution in [0.4, 0.5) is 23.7 Å². The Labute approximate surface area is 217 Å². The summed E-state index contributed by atoms with van der Waals surface area (Å²) in [5.74, 6) is -0.364. The van der Waals surface area contributed by atoms with Gasteiger partial charge in [0.25, 0.3) is 0 Å². The molecule has 1 saturated heterocycles. The van der Waals surface area contributed by atoms with Gasteiger partial charge < -0.3 is 15.3 Å². The van der Waals surface area contributed by atoms with Crippen molar-refractivity contribution >= 4 is 33.6 Å². The Balaban J connectivity index is 1.71. The van der Waals surface area contributed by atoms with E-state index in [-0.39, 0.29) is 48.1 Å². The number of nitrogens with one attached hydrogen (secondary N) is 1. The van der Waals surface area contributed by atoms with Gasteiger partial charge in [0.1, 0.15) is 0 Å². The van der Waals surface area contributed by atoms with Gasteiger partial charge in [0.05, 0.1) is 11.6 Å². The SMILES string of the molecule is CC(C)(C)C1CN(Cc2ccc(NC(=O)CCc3ccc(Br)cc3)cc2C(F)(F)F)CCN1C(=O)O. The van der Waals surface area contributed by atoms with E-state index in [1.807, 2.05) is 49.9 Å². The molecular weight excluding hydrogens is 539 g/mol. The second-order valence-electron chi connectivity index (χ2n) is 10.1. The number of carboxylic acid groups (broad SMARTS) is 1. The first-order chi connectivity index (χ1) is 16.7. The fourth-order valence-electron chi connectivity index (χ4n) is 4.38. The van der Waals surface area contributed by atoms with E-state index in [4.69, 9.17) is 0 Å². The molecule has 1 fully saturated rings. The van der Waals surface area contributed by atoms with E-state index >= 15 is 0 Å². The summed E-state index contributed by atoms with van der Waals surface area (Å²) in [5, 5.41) is 12.1. The molecule has 0 aromatic heterocycles. The first kappa shape index (κ1) is 28.0. The van der Waals surface area contributed by atoms with E-state index in [0.717, 1.165) is 16.1 Å². The Kier molecular flexibility index (Phi) is 8.71. The number of hydrogen-bond donors (Lipinski definition) is 2. The molecule has 2 amide bonds. The van der Waals surface area contributed by atoms with Crippen LogP contribution in [0.15, 0.2) is 46.9 Å². The van der Waals surface area contributed by atoms with Gasteiger partial charge in [0.2, 0.25) is 5.91 Å². The lowest BCUT2D eigenvalue weighted by atomic mass is 9.84. The number of aryl methyl sites for hydroxylation is 1. The minimum atomic E-state index is -4.60. The summed E-state index contributed by atoms with van der Waals surface area (Å²) < 4.78 is 42.7. The number of carbonyl (C=O) groups excluding carboxylic acids is 1. The highest BCUT2D eigenvalue weighted by Crippen LogP contribution is 2.35. The summed E-state index contributed by atoms with van der Waals surface area (Å²) in [4.78, 5) is 27.2. The van der Waals surface area contributed by atoms with Gasteiger partial charge in [-0.1, -0.05) is 54.9 Å². The molecule has 10 heteroatoms. The first-order valence-electron chi connectivity index (χ1n) is 11.7. The number of anilines is 1. The van der Waals surface area contributed by atoms with Gasteiger partial charge in [0.15, 0.2) is 0 Å². The van der Waals surface area contributed by atoms with Crippen molar-refractivity contribution in [2.24, 2.45) is 5.41 Å². The molecule has 6 nitrogen and oxygen atoms in total. The van der Waals surface area contributed by atoms with Crippen LogP contribution >= 0.6 is 15.9 Å². The molecule has 0 saturated carbocycles. The highest BCUT2D eigenvalue weighted by atomic mass is 79.9. The summed E-state index contributed by atoms with van der Waals surface area (Å²) in [5.41, 5.74) is -0.0340. The van der Waals surface area contributed by atoms with Crippen molar-refractivity contribution in [3.05, 3.63) is 63.6 Å². The highest BCUT2D eigenvalue weighted by Gasteiger charge is 2.39. The molecule has 3 rings (SSSR count). The number of amides is 2. The Bertz CT molecular complexity index is 1080. The lowest BCUT2D eigenvalue weighted by molar-refractivity contribution is -0.138. The van der Waals surface area contributed by atoms with Crippen molar-refractivity contribution in [1.29, 1.82) is 0 Å². The Morgan fingerprint density at radius 1 is 1.08 bits per heavy atom. The average Bonchev–Trinajstić information content (AvgIpc) is 2.78. The number of hydrogen-bond acceptors (Lipinski definition) is 3. The van der Waals surface area contributed by atoms with Crippen LogP contribution in [0, 0.1) is 5.41 Å². The molecule has 196 valence electrons. The summed E-state index contributed by atoms with van der Waals surface area (Å²) in [7, 11) is 0. The van der Waals surface area contributed by atoms with E-state index in [0.29, 0.717) is 19.5 Å². The third-order valence-electron chi connectivity index (χ3n) is 6.36. The van der Waals surface area contributed by atoms with Crippen LogP contribution in [0.5, 0.6) is 0 Å². The number of rotatable bonds is 6. The number of halogens is 4. The lowest BCUT2D eigenvalue weighted by Crippen LogP contribution is -2.59. The topological polar surface area (TPSA) is 72.9 Å². The van der Waals surface area contributed by atoms with Crippen LogP contribution in [0.1, 0.15) is 43.9 Å². The minimum Gasteiger partial charge on any atom is -0.465 e. The lowest BCUT2D eigenvalue weighted by Gasteiger charge is -2.46. The van der Waals surface area contributed by atoms with Crippen LogP contribution in [0.2, 0.25) is 0 Å².